The van der Waals surface area contributed by atoms with E-state index in [0.29, 0.717) is 6.54 Å². The second kappa shape index (κ2) is 5.31. The zero-order valence-electron chi connectivity index (χ0n) is 8.73. The largest absolute Gasteiger partial charge is 0.481 e. The first-order valence-electron chi connectivity index (χ1n) is 4.32. The average Bonchev–Trinajstić information content (AvgIpc) is 1.97. The summed E-state index contributed by atoms with van der Waals surface area (Å²) in [6.45, 7) is 2.13. The molecule has 0 aliphatic heterocycles. The van der Waals surface area contributed by atoms with Crippen molar-refractivity contribution in [1.82, 2.24) is 4.90 Å². The molecule has 0 saturated carbocycles. The number of carboxylic acid groups (broad SMARTS) is 1. The van der Waals surface area contributed by atoms with Crippen LogP contribution < -0.4 is 0 Å². The normalized spacial score (nSPS) is 14.3. The van der Waals surface area contributed by atoms with Crippen molar-refractivity contribution >= 4 is 15.8 Å². The summed E-state index contributed by atoms with van der Waals surface area (Å²) in [4.78, 5) is 12.1. The van der Waals surface area contributed by atoms with Crippen LogP contribution in [0.25, 0.3) is 0 Å². The lowest BCUT2D eigenvalue weighted by Gasteiger charge is -2.22. The highest BCUT2D eigenvalue weighted by Crippen LogP contribution is 2.01. The molecule has 0 aromatic heterocycles. The Morgan fingerprint density at radius 2 is 2.00 bits per heavy atom. The van der Waals surface area contributed by atoms with Crippen molar-refractivity contribution < 1.29 is 18.3 Å². The van der Waals surface area contributed by atoms with Crippen LogP contribution in [0.3, 0.4) is 0 Å². The number of rotatable bonds is 6. The van der Waals surface area contributed by atoms with E-state index in [1.165, 1.54) is 6.26 Å². The predicted octanol–water partition coefficient (Wildman–Crippen LogP) is -0.174. The van der Waals surface area contributed by atoms with Gasteiger partial charge in [-0.2, -0.15) is 0 Å². The summed E-state index contributed by atoms with van der Waals surface area (Å²) >= 11 is 0. The molecule has 1 unspecified atom stereocenters. The fourth-order valence-electron chi connectivity index (χ4n) is 0.939. The molecule has 14 heavy (non-hydrogen) atoms. The first kappa shape index (κ1) is 13.4. The van der Waals surface area contributed by atoms with Gasteiger partial charge < -0.3 is 10.0 Å². The summed E-state index contributed by atoms with van der Waals surface area (Å²) in [6, 6.07) is -0.144. The van der Waals surface area contributed by atoms with Crippen LogP contribution >= 0.6 is 0 Å². The zero-order valence-corrected chi connectivity index (χ0v) is 9.54. The van der Waals surface area contributed by atoms with Gasteiger partial charge in [0, 0.05) is 18.8 Å². The minimum Gasteiger partial charge on any atom is -0.481 e. The summed E-state index contributed by atoms with van der Waals surface area (Å²) < 4.78 is 21.7. The van der Waals surface area contributed by atoms with E-state index in [1.54, 1.807) is 18.9 Å². The minimum atomic E-state index is -2.97. The third-order valence-electron chi connectivity index (χ3n) is 2.04. The molecule has 0 radical (unpaired) electrons. The molecule has 0 aromatic carbocycles. The van der Waals surface area contributed by atoms with E-state index in [0.717, 1.165) is 0 Å². The van der Waals surface area contributed by atoms with Crippen LogP contribution in [0, 0.1) is 0 Å². The van der Waals surface area contributed by atoms with Crippen molar-refractivity contribution in [2.75, 3.05) is 25.6 Å². The molecular formula is C8H17NO4S. The Kier molecular flexibility index (Phi) is 5.07. The van der Waals surface area contributed by atoms with Gasteiger partial charge in [0.1, 0.15) is 9.84 Å². The molecule has 1 atom stereocenters. The van der Waals surface area contributed by atoms with Gasteiger partial charge in [0.05, 0.1) is 12.2 Å². The number of sulfone groups is 1. The lowest BCUT2D eigenvalue weighted by atomic mass is 10.2. The highest BCUT2D eigenvalue weighted by Gasteiger charge is 2.14. The standard InChI is InChI=1S/C8H17NO4S/c1-7(6-8(10)11)9(2)4-5-14(3,12)13/h7H,4-6H2,1-3H3,(H,10,11). The van der Waals surface area contributed by atoms with E-state index in [-0.39, 0.29) is 18.2 Å². The third-order valence-corrected chi connectivity index (χ3v) is 2.96. The van der Waals surface area contributed by atoms with E-state index >= 15 is 0 Å². The summed E-state index contributed by atoms with van der Waals surface area (Å²) in [5.41, 5.74) is 0. The van der Waals surface area contributed by atoms with Crippen LogP contribution in [-0.4, -0.2) is 56.0 Å². The summed E-state index contributed by atoms with van der Waals surface area (Å²) in [5, 5.41) is 8.52. The maximum atomic E-state index is 10.8. The van der Waals surface area contributed by atoms with Crippen LogP contribution in [0.15, 0.2) is 0 Å². The zero-order chi connectivity index (χ0) is 11.4. The van der Waals surface area contributed by atoms with Crippen molar-refractivity contribution in [3.8, 4) is 0 Å². The van der Waals surface area contributed by atoms with E-state index in [4.69, 9.17) is 5.11 Å². The van der Waals surface area contributed by atoms with Crippen LogP contribution in [-0.2, 0) is 14.6 Å². The van der Waals surface area contributed by atoms with Gasteiger partial charge in [-0.15, -0.1) is 0 Å². The molecule has 0 aromatic rings. The topological polar surface area (TPSA) is 74.7 Å². The van der Waals surface area contributed by atoms with Gasteiger partial charge in [-0.1, -0.05) is 0 Å². The molecule has 0 saturated heterocycles. The monoisotopic (exact) mass is 223 g/mol. The third kappa shape index (κ3) is 6.85. The van der Waals surface area contributed by atoms with Gasteiger partial charge in [0.2, 0.25) is 0 Å². The van der Waals surface area contributed by atoms with Gasteiger partial charge in [0.15, 0.2) is 0 Å². The molecule has 5 nitrogen and oxygen atoms in total. The van der Waals surface area contributed by atoms with Crippen LogP contribution in [0.5, 0.6) is 0 Å². The van der Waals surface area contributed by atoms with Gasteiger partial charge >= 0.3 is 5.97 Å². The lowest BCUT2D eigenvalue weighted by molar-refractivity contribution is -0.138. The Labute approximate surface area is 84.6 Å². The lowest BCUT2D eigenvalue weighted by Crippen LogP contribution is -2.34. The van der Waals surface area contributed by atoms with Crippen LogP contribution in [0.4, 0.5) is 0 Å². The highest BCUT2D eigenvalue weighted by molar-refractivity contribution is 7.90. The smallest absolute Gasteiger partial charge is 0.304 e. The second-order valence-electron chi connectivity index (χ2n) is 3.56. The number of nitrogens with zero attached hydrogens (tertiary/aromatic N) is 1. The molecule has 0 fully saturated rings. The fraction of sp³-hybridized carbons (Fsp3) is 0.875. The summed E-state index contributed by atoms with van der Waals surface area (Å²) in [7, 11) is -1.25. The molecule has 84 valence electrons. The number of carboxylic acids is 1. The van der Waals surface area contributed by atoms with Gasteiger partial charge in [0.25, 0.3) is 0 Å². The van der Waals surface area contributed by atoms with Crippen molar-refractivity contribution in [2.45, 2.75) is 19.4 Å². The molecule has 0 spiro atoms. The van der Waals surface area contributed by atoms with Crippen molar-refractivity contribution in [3.05, 3.63) is 0 Å². The minimum absolute atomic E-state index is 0.0280. The maximum absolute atomic E-state index is 10.8. The van der Waals surface area contributed by atoms with Crippen LogP contribution in [0.1, 0.15) is 13.3 Å². The fourth-order valence-corrected chi connectivity index (χ4v) is 1.56. The Morgan fingerprint density at radius 3 is 2.36 bits per heavy atom. The van der Waals surface area contributed by atoms with Gasteiger partial charge in [-0.3, -0.25) is 4.79 Å². The second-order valence-corrected chi connectivity index (χ2v) is 5.82. The molecule has 0 aliphatic carbocycles. The van der Waals surface area contributed by atoms with Crippen molar-refractivity contribution in [2.24, 2.45) is 0 Å². The molecule has 0 heterocycles. The van der Waals surface area contributed by atoms with Gasteiger partial charge in [-0.25, -0.2) is 8.42 Å². The first-order valence-corrected chi connectivity index (χ1v) is 6.38. The molecule has 0 amide bonds. The Morgan fingerprint density at radius 1 is 1.50 bits per heavy atom. The summed E-state index contributed by atoms with van der Waals surface area (Å²) in [6.07, 6.45) is 1.20. The average molecular weight is 223 g/mol. The van der Waals surface area contributed by atoms with E-state index < -0.39 is 15.8 Å². The van der Waals surface area contributed by atoms with Crippen molar-refractivity contribution in [1.29, 1.82) is 0 Å². The Hall–Kier alpha value is -0.620. The van der Waals surface area contributed by atoms with E-state index in [1.807, 2.05) is 0 Å². The van der Waals surface area contributed by atoms with E-state index in [2.05, 4.69) is 0 Å². The molecule has 0 aliphatic rings. The molecule has 6 heteroatoms. The Balaban J connectivity index is 3.96. The highest BCUT2D eigenvalue weighted by atomic mass is 32.2. The predicted molar refractivity (Wildman–Crippen MR) is 54.1 cm³/mol. The van der Waals surface area contributed by atoms with E-state index in [9.17, 15) is 13.2 Å². The quantitative estimate of drug-likeness (QED) is 0.676. The van der Waals surface area contributed by atoms with Crippen LogP contribution in [0.2, 0.25) is 0 Å². The molecule has 0 rings (SSSR count). The summed E-state index contributed by atoms with van der Waals surface area (Å²) in [5.74, 6) is -0.809. The first-order chi connectivity index (χ1) is 6.22. The van der Waals surface area contributed by atoms with Crippen molar-refractivity contribution in [3.63, 3.8) is 0 Å². The number of aliphatic carboxylic acids is 1. The Bertz CT molecular complexity index is 286. The molecule has 0 bridgehead atoms. The maximum Gasteiger partial charge on any atom is 0.304 e. The number of hydrogen-bond acceptors (Lipinski definition) is 4. The number of hydrogen-bond donors (Lipinski definition) is 1. The SMILES string of the molecule is CC(CC(=O)O)N(C)CCS(C)(=O)=O. The molecule has 1 N–H and O–H groups in total. The van der Waals surface area contributed by atoms with Gasteiger partial charge in [-0.05, 0) is 14.0 Å². The molecular weight excluding hydrogens is 206 g/mol. The number of carbonyl (C=O) groups is 1.